The predicted octanol–water partition coefficient (Wildman–Crippen LogP) is 2.51. The van der Waals surface area contributed by atoms with Crippen LogP contribution in [0.2, 0.25) is 0 Å². The molecule has 0 saturated heterocycles. The first-order valence-corrected chi connectivity index (χ1v) is 5.74. The van der Waals surface area contributed by atoms with Gasteiger partial charge in [-0.15, -0.1) is 0 Å². The van der Waals surface area contributed by atoms with E-state index in [1.165, 1.54) is 12.1 Å². The normalized spacial score (nSPS) is 15.2. The number of carbonyl (C=O) groups excluding carboxylic acids is 1. The molecule has 2 aromatic rings. The molecule has 3 nitrogen and oxygen atoms in total. The number of aryl methyl sites for hydroxylation is 1. The van der Waals surface area contributed by atoms with E-state index in [9.17, 15) is 9.18 Å². The van der Waals surface area contributed by atoms with Crippen molar-refractivity contribution in [2.75, 3.05) is 0 Å². The summed E-state index contributed by atoms with van der Waals surface area (Å²) in [5.74, 6) is -0.379. The van der Waals surface area contributed by atoms with Gasteiger partial charge in [0.1, 0.15) is 11.5 Å². The van der Waals surface area contributed by atoms with Gasteiger partial charge in [-0.05, 0) is 43.5 Å². The Morgan fingerprint density at radius 1 is 1.47 bits per heavy atom. The van der Waals surface area contributed by atoms with Crippen molar-refractivity contribution < 1.29 is 9.18 Å². The lowest BCUT2D eigenvalue weighted by Gasteiger charge is -2.01. The Hall–Kier alpha value is -1.84. The van der Waals surface area contributed by atoms with E-state index in [1.54, 1.807) is 6.07 Å². The number of amides is 1. The molecule has 1 amide bonds. The number of fused-ring (bicyclic) bond motifs is 1. The molecule has 1 heterocycles. The maximum atomic E-state index is 13.1. The minimum atomic E-state index is -0.284. The fraction of sp³-hybridized carbons (Fsp3) is 0.308. The van der Waals surface area contributed by atoms with Gasteiger partial charge in [0.2, 0.25) is 0 Å². The Balaban J connectivity index is 2.03. The average molecular weight is 232 g/mol. The molecule has 0 aliphatic heterocycles. The maximum absolute atomic E-state index is 13.1. The number of halogens is 1. The van der Waals surface area contributed by atoms with E-state index in [2.05, 4.69) is 10.3 Å². The van der Waals surface area contributed by atoms with Crippen LogP contribution in [0.3, 0.4) is 0 Å². The molecule has 4 heteroatoms. The molecule has 0 radical (unpaired) electrons. The van der Waals surface area contributed by atoms with Crippen LogP contribution >= 0.6 is 0 Å². The molecule has 0 unspecified atom stereocenters. The summed E-state index contributed by atoms with van der Waals surface area (Å²) in [5, 5.41) is 3.69. The van der Waals surface area contributed by atoms with Crippen LogP contribution in [-0.2, 0) is 0 Å². The van der Waals surface area contributed by atoms with Gasteiger partial charge in [-0.1, -0.05) is 0 Å². The van der Waals surface area contributed by atoms with Crippen LogP contribution in [0.1, 0.15) is 28.9 Å². The number of aromatic amines is 1. The highest BCUT2D eigenvalue weighted by atomic mass is 19.1. The minimum Gasteiger partial charge on any atom is -0.350 e. The summed E-state index contributed by atoms with van der Waals surface area (Å²) in [4.78, 5) is 15.0. The third kappa shape index (κ3) is 1.79. The highest BCUT2D eigenvalue weighted by Crippen LogP contribution is 2.24. The Morgan fingerprint density at radius 3 is 2.94 bits per heavy atom. The Kier molecular flexibility index (Phi) is 2.18. The molecular formula is C13H13FN2O. The van der Waals surface area contributed by atoms with E-state index < -0.39 is 0 Å². The summed E-state index contributed by atoms with van der Waals surface area (Å²) in [6.45, 7) is 1.83. The van der Waals surface area contributed by atoms with Crippen LogP contribution in [0.15, 0.2) is 18.2 Å². The van der Waals surface area contributed by atoms with Crippen LogP contribution in [-0.4, -0.2) is 16.9 Å². The SMILES string of the molecule is Cc1c(C(=O)NC2CC2)[nH]c2ccc(F)cc12. The molecule has 88 valence electrons. The monoisotopic (exact) mass is 232 g/mol. The van der Waals surface area contributed by atoms with Crippen molar-refractivity contribution in [3.63, 3.8) is 0 Å². The molecule has 0 atom stereocenters. The van der Waals surface area contributed by atoms with E-state index in [4.69, 9.17) is 0 Å². The number of carbonyl (C=O) groups is 1. The van der Waals surface area contributed by atoms with Gasteiger partial charge in [0, 0.05) is 16.9 Å². The first-order valence-electron chi connectivity index (χ1n) is 5.74. The van der Waals surface area contributed by atoms with E-state index in [0.717, 1.165) is 29.3 Å². The van der Waals surface area contributed by atoms with Crippen LogP contribution < -0.4 is 5.32 Å². The van der Waals surface area contributed by atoms with Gasteiger partial charge in [0.05, 0.1) is 0 Å². The molecule has 1 aliphatic carbocycles. The van der Waals surface area contributed by atoms with Crippen LogP contribution in [0.4, 0.5) is 4.39 Å². The molecule has 1 fully saturated rings. The van der Waals surface area contributed by atoms with Crippen molar-refractivity contribution in [1.29, 1.82) is 0 Å². The third-order valence-electron chi connectivity index (χ3n) is 3.16. The van der Waals surface area contributed by atoms with Crippen molar-refractivity contribution >= 4 is 16.8 Å². The van der Waals surface area contributed by atoms with E-state index >= 15 is 0 Å². The Labute approximate surface area is 98.0 Å². The predicted molar refractivity (Wildman–Crippen MR) is 63.5 cm³/mol. The fourth-order valence-electron chi connectivity index (χ4n) is 2.01. The Morgan fingerprint density at radius 2 is 2.24 bits per heavy atom. The number of aromatic nitrogens is 1. The highest BCUT2D eigenvalue weighted by molar-refractivity contribution is 6.01. The van der Waals surface area contributed by atoms with Gasteiger partial charge < -0.3 is 10.3 Å². The molecule has 17 heavy (non-hydrogen) atoms. The summed E-state index contributed by atoms with van der Waals surface area (Å²) in [6.07, 6.45) is 2.11. The fourth-order valence-corrected chi connectivity index (χ4v) is 2.01. The zero-order valence-corrected chi connectivity index (χ0v) is 9.51. The summed E-state index contributed by atoms with van der Waals surface area (Å²) >= 11 is 0. The number of rotatable bonds is 2. The van der Waals surface area contributed by atoms with E-state index in [1.807, 2.05) is 6.92 Å². The maximum Gasteiger partial charge on any atom is 0.268 e. The molecule has 3 rings (SSSR count). The molecule has 2 N–H and O–H groups in total. The van der Waals surface area contributed by atoms with Crippen molar-refractivity contribution in [3.8, 4) is 0 Å². The zero-order valence-electron chi connectivity index (χ0n) is 9.51. The molecular weight excluding hydrogens is 219 g/mol. The lowest BCUT2D eigenvalue weighted by Crippen LogP contribution is -2.26. The molecule has 1 aliphatic rings. The molecule has 1 aromatic heterocycles. The Bertz CT molecular complexity index is 599. The van der Waals surface area contributed by atoms with Gasteiger partial charge in [-0.3, -0.25) is 4.79 Å². The number of nitrogens with one attached hydrogen (secondary N) is 2. The van der Waals surface area contributed by atoms with Gasteiger partial charge in [0.25, 0.3) is 5.91 Å². The first kappa shape index (κ1) is 10.3. The molecule has 0 bridgehead atoms. The van der Waals surface area contributed by atoms with E-state index in [0.29, 0.717) is 11.7 Å². The topological polar surface area (TPSA) is 44.9 Å². The number of H-pyrrole nitrogens is 1. The van der Waals surface area contributed by atoms with Crippen molar-refractivity contribution in [2.45, 2.75) is 25.8 Å². The average Bonchev–Trinajstić information content (AvgIpc) is 3.04. The van der Waals surface area contributed by atoms with E-state index in [-0.39, 0.29) is 11.7 Å². The highest BCUT2D eigenvalue weighted by Gasteiger charge is 2.25. The second-order valence-electron chi connectivity index (χ2n) is 4.56. The van der Waals surface area contributed by atoms with Gasteiger partial charge in [-0.25, -0.2) is 4.39 Å². The second kappa shape index (κ2) is 3.58. The number of hydrogen-bond acceptors (Lipinski definition) is 1. The lowest BCUT2D eigenvalue weighted by molar-refractivity contribution is 0.0946. The smallest absolute Gasteiger partial charge is 0.268 e. The molecule has 0 spiro atoms. The minimum absolute atomic E-state index is 0.0957. The third-order valence-corrected chi connectivity index (χ3v) is 3.16. The number of benzene rings is 1. The second-order valence-corrected chi connectivity index (χ2v) is 4.56. The summed E-state index contributed by atoms with van der Waals surface area (Å²) in [7, 11) is 0. The zero-order chi connectivity index (χ0) is 12.0. The summed E-state index contributed by atoms with van der Waals surface area (Å²) in [6, 6.07) is 4.83. The largest absolute Gasteiger partial charge is 0.350 e. The van der Waals surface area contributed by atoms with Crippen molar-refractivity contribution in [3.05, 3.63) is 35.3 Å². The summed E-state index contributed by atoms with van der Waals surface area (Å²) in [5.41, 5.74) is 2.14. The van der Waals surface area contributed by atoms with Crippen molar-refractivity contribution in [2.24, 2.45) is 0 Å². The quantitative estimate of drug-likeness (QED) is 0.821. The van der Waals surface area contributed by atoms with Crippen molar-refractivity contribution in [1.82, 2.24) is 10.3 Å². The molecule has 1 aromatic carbocycles. The van der Waals surface area contributed by atoms with Crippen LogP contribution in [0.25, 0.3) is 10.9 Å². The van der Waals surface area contributed by atoms with Gasteiger partial charge in [-0.2, -0.15) is 0 Å². The van der Waals surface area contributed by atoms with Crippen LogP contribution in [0, 0.1) is 12.7 Å². The standard InChI is InChI=1S/C13H13FN2O/c1-7-10-6-8(14)2-5-11(10)16-12(7)13(17)15-9-3-4-9/h2,5-6,9,16H,3-4H2,1H3,(H,15,17). The molecule has 1 saturated carbocycles. The lowest BCUT2D eigenvalue weighted by atomic mass is 10.1. The first-order chi connectivity index (χ1) is 8.15. The van der Waals surface area contributed by atoms with Gasteiger partial charge in [0.15, 0.2) is 0 Å². The van der Waals surface area contributed by atoms with Gasteiger partial charge >= 0.3 is 0 Å². The van der Waals surface area contributed by atoms with Crippen LogP contribution in [0.5, 0.6) is 0 Å². The number of hydrogen-bond donors (Lipinski definition) is 2. The summed E-state index contributed by atoms with van der Waals surface area (Å²) < 4.78 is 13.1.